The third-order valence-corrected chi connectivity index (χ3v) is 4.76. The van der Waals surface area contributed by atoms with Gasteiger partial charge in [-0.2, -0.15) is 18.4 Å². The highest BCUT2D eigenvalue weighted by molar-refractivity contribution is 6.23. The minimum Gasteiger partial charge on any atom is -0.319 e. The third-order valence-electron chi connectivity index (χ3n) is 4.76. The Labute approximate surface area is 165 Å². The number of nitriles is 1. The molecule has 150 valence electrons. The molecule has 0 spiro atoms. The summed E-state index contributed by atoms with van der Waals surface area (Å²) in [5, 5.41) is 11.7. The number of benzene rings is 2. The van der Waals surface area contributed by atoms with Crippen molar-refractivity contribution in [1.82, 2.24) is 5.32 Å². The minimum atomic E-state index is -4.80. The Morgan fingerprint density at radius 2 is 1.79 bits per heavy atom. The van der Waals surface area contributed by atoms with Crippen LogP contribution < -0.4 is 10.2 Å². The van der Waals surface area contributed by atoms with E-state index in [-0.39, 0.29) is 18.0 Å². The van der Waals surface area contributed by atoms with Gasteiger partial charge in [-0.05, 0) is 36.1 Å². The first-order chi connectivity index (χ1) is 13.6. The summed E-state index contributed by atoms with van der Waals surface area (Å²) in [4.78, 5) is 26.8. The molecule has 3 amide bonds. The first-order valence-electron chi connectivity index (χ1n) is 8.93. The Balaban J connectivity index is 2.12. The molecule has 0 aliphatic carbocycles. The van der Waals surface area contributed by atoms with Gasteiger partial charge >= 0.3 is 12.2 Å². The fraction of sp³-hybridized carbons (Fsp3) is 0.286. The maximum Gasteiger partial charge on any atom is 0.417 e. The number of alkyl halides is 3. The van der Waals surface area contributed by atoms with E-state index in [0.29, 0.717) is 16.5 Å². The average molecular weight is 401 g/mol. The SMILES string of the molecule is CC(C)CC1(c2ccccc2)NC(=O)N(c2ccc(C#N)c(C(F)(F)F)c2)C1=O. The summed E-state index contributed by atoms with van der Waals surface area (Å²) < 4.78 is 40.0. The number of carbonyl (C=O) groups excluding carboxylic acids is 2. The molecule has 0 bridgehead atoms. The van der Waals surface area contributed by atoms with E-state index in [9.17, 15) is 22.8 Å². The second-order valence-corrected chi connectivity index (χ2v) is 7.28. The van der Waals surface area contributed by atoms with Crippen molar-refractivity contribution in [2.75, 3.05) is 4.90 Å². The quantitative estimate of drug-likeness (QED) is 0.763. The van der Waals surface area contributed by atoms with E-state index < -0.39 is 34.8 Å². The zero-order valence-electron chi connectivity index (χ0n) is 15.7. The first kappa shape index (κ1) is 20.4. The fourth-order valence-electron chi connectivity index (χ4n) is 3.60. The highest BCUT2D eigenvalue weighted by Gasteiger charge is 2.53. The number of urea groups is 1. The second kappa shape index (κ2) is 7.24. The maximum absolute atomic E-state index is 13.4. The number of nitrogens with zero attached hydrogens (tertiary/aromatic N) is 2. The molecule has 0 saturated carbocycles. The van der Waals surface area contributed by atoms with Gasteiger partial charge in [0.05, 0.1) is 22.9 Å². The molecule has 1 N–H and O–H groups in total. The van der Waals surface area contributed by atoms with Gasteiger partial charge in [-0.25, -0.2) is 9.69 Å². The number of carbonyl (C=O) groups is 2. The molecule has 1 fully saturated rings. The summed E-state index contributed by atoms with van der Waals surface area (Å²) in [6.07, 6.45) is -4.52. The molecule has 1 aliphatic rings. The number of rotatable bonds is 4. The number of nitrogens with one attached hydrogen (secondary N) is 1. The van der Waals surface area contributed by atoms with Crippen LogP contribution in [0.5, 0.6) is 0 Å². The van der Waals surface area contributed by atoms with Gasteiger partial charge in [0.25, 0.3) is 5.91 Å². The molecule has 0 radical (unpaired) electrons. The van der Waals surface area contributed by atoms with Gasteiger partial charge in [-0.3, -0.25) is 4.79 Å². The second-order valence-electron chi connectivity index (χ2n) is 7.28. The van der Waals surface area contributed by atoms with Crippen LogP contribution in [0.3, 0.4) is 0 Å². The molecule has 1 heterocycles. The van der Waals surface area contributed by atoms with Gasteiger partial charge in [-0.15, -0.1) is 0 Å². The number of hydrogen-bond donors (Lipinski definition) is 1. The minimum absolute atomic E-state index is 0.0195. The van der Waals surface area contributed by atoms with Gasteiger partial charge < -0.3 is 5.32 Å². The van der Waals surface area contributed by atoms with Gasteiger partial charge in [0.2, 0.25) is 0 Å². The molecule has 2 aromatic rings. The lowest BCUT2D eigenvalue weighted by atomic mass is 9.82. The molecule has 29 heavy (non-hydrogen) atoms. The lowest BCUT2D eigenvalue weighted by Crippen LogP contribution is -2.45. The summed E-state index contributed by atoms with van der Waals surface area (Å²) in [5.74, 6) is -0.633. The van der Waals surface area contributed by atoms with E-state index in [1.807, 2.05) is 13.8 Å². The van der Waals surface area contributed by atoms with Crippen LogP contribution in [-0.2, 0) is 16.5 Å². The van der Waals surface area contributed by atoms with Crippen molar-refractivity contribution in [1.29, 1.82) is 5.26 Å². The van der Waals surface area contributed by atoms with Crippen molar-refractivity contribution in [3.8, 4) is 6.07 Å². The van der Waals surface area contributed by atoms with E-state index in [0.717, 1.165) is 6.07 Å². The van der Waals surface area contributed by atoms with Crippen LogP contribution >= 0.6 is 0 Å². The van der Waals surface area contributed by atoms with Crippen molar-refractivity contribution < 1.29 is 22.8 Å². The van der Waals surface area contributed by atoms with Gasteiger partial charge in [0, 0.05) is 0 Å². The van der Waals surface area contributed by atoms with Crippen LogP contribution in [0, 0.1) is 17.2 Å². The largest absolute Gasteiger partial charge is 0.417 e. The van der Waals surface area contributed by atoms with Gasteiger partial charge in [0.15, 0.2) is 0 Å². The Kier molecular flexibility index (Phi) is 5.09. The molecule has 0 aromatic heterocycles. The first-order valence-corrected chi connectivity index (χ1v) is 8.93. The molecule has 8 heteroatoms. The number of halogens is 3. The van der Waals surface area contributed by atoms with Crippen molar-refractivity contribution in [2.45, 2.75) is 32.0 Å². The Hall–Kier alpha value is -3.34. The number of anilines is 1. The average Bonchev–Trinajstić information content (AvgIpc) is 2.91. The van der Waals surface area contributed by atoms with Crippen molar-refractivity contribution in [3.63, 3.8) is 0 Å². The molecular formula is C21H18F3N3O2. The number of amides is 3. The fourth-order valence-corrected chi connectivity index (χ4v) is 3.60. The molecule has 1 aliphatic heterocycles. The molecule has 1 unspecified atom stereocenters. The molecule has 1 atom stereocenters. The molecule has 3 rings (SSSR count). The van der Waals surface area contributed by atoms with E-state index in [2.05, 4.69) is 5.32 Å². The monoisotopic (exact) mass is 401 g/mol. The number of hydrogen-bond acceptors (Lipinski definition) is 3. The van der Waals surface area contributed by atoms with Gasteiger partial charge in [0.1, 0.15) is 5.54 Å². The van der Waals surface area contributed by atoms with Crippen LogP contribution in [0.1, 0.15) is 37.0 Å². The van der Waals surface area contributed by atoms with Gasteiger partial charge in [-0.1, -0.05) is 44.2 Å². The summed E-state index contributed by atoms with van der Waals surface area (Å²) in [6.45, 7) is 3.77. The standard InChI is InChI=1S/C21H18F3N3O2/c1-13(2)11-20(15-6-4-3-5-7-15)18(28)27(19(29)26-20)16-9-8-14(12-25)17(10-16)21(22,23)24/h3-10,13H,11H2,1-2H3,(H,26,29). The molecule has 5 nitrogen and oxygen atoms in total. The zero-order valence-corrected chi connectivity index (χ0v) is 15.7. The third kappa shape index (κ3) is 3.56. The van der Waals surface area contributed by atoms with Crippen LogP contribution in [0.4, 0.5) is 23.7 Å². The summed E-state index contributed by atoms with van der Waals surface area (Å²) in [5.41, 5.74) is -2.83. The Morgan fingerprint density at radius 1 is 1.14 bits per heavy atom. The van der Waals surface area contributed by atoms with Crippen LogP contribution in [-0.4, -0.2) is 11.9 Å². The highest BCUT2D eigenvalue weighted by Crippen LogP contribution is 2.39. The van der Waals surface area contributed by atoms with Crippen molar-refractivity contribution in [2.24, 2.45) is 5.92 Å². The lowest BCUT2D eigenvalue weighted by molar-refractivity contribution is -0.137. The van der Waals surface area contributed by atoms with E-state index in [1.54, 1.807) is 30.3 Å². The Bertz CT molecular complexity index is 996. The van der Waals surface area contributed by atoms with Crippen LogP contribution in [0.25, 0.3) is 0 Å². The van der Waals surface area contributed by atoms with E-state index in [1.165, 1.54) is 12.1 Å². The molecule has 2 aromatic carbocycles. The Morgan fingerprint density at radius 3 is 2.34 bits per heavy atom. The van der Waals surface area contributed by atoms with Crippen molar-refractivity contribution in [3.05, 3.63) is 65.2 Å². The lowest BCUT2D eigenvalue weighted by Gasteiger charge is -2.29. The summed E-state index contributed by atoms with van der Waals surface area (Å²) in [7, 11) is 0. The van der Waals surface area contributed by atoms with E-state index >= 15 is 0 Å². The zero-order chi connectivity index (χ0) is 21.4. The topological polar surface area (TPSA) is 73.2 Å². The molecule has 1 saturated heterocycles. The normalized spacial score (nSPS) is 19.4. The van der Waals surface area contributed by atoms with E-state index in [4.69, 9.17) is 5.26 Å². The van der Waals surface area contributed by atoms with Crippen LogP contribution in [0.2, 0.25) is 0 Å². The molecular weight excluding hydrogens is 383 g/mol. The maximum atomic E-state index is 13.4. The number of imide groups is 1. The summed E-state index contributed by atoms with van der Waals surface area (Å²) >= 11 is 0. The predicted octanol–water partition coefficient (Wildman–Crippen LogP) is 4.57. The summed E-state index contributed by atoms with van der Waals surface area (Å²) in [6, 6.07) is 12.1. The van der Waals surface area contributed by atoms with Crippen molar-refractivity contribution >= 4 is 17.6 Å². The highest BCUT2D eigenvalue weighted by atomic mass is 19.4. The predicted molar refractivity (Wildman–Crippen MR) is 99.8 cm³/mol. The smallest absolute Gasteiger partial charge is 0.319 e. The van der Waals surface area contributed by atoms with Crippen LogP contribution in [0.15, 0.2) is 48.5 Å².